The van der Waals surface area contributed by atoms with Crippen LogP contribution < -0.4 is 5.32 Å². The van der Waals surface area contributed by atoms with Gasteiger partial charge >= 0.3 is 0 Å². The van der Waals surface area contributed by atoms with Crippen LogP contribution in [0.2, 0.25) is 0 Å². The van der Waals surface area contributed by atoms with E-state index in [-0.39, 0.29) is 6.54 Å². The Morgan fingerprint density at radius 2 is 1.73 bits per heavy atom. The number of carbonyl (C=O) groups excluding carboxylic acids is 1. The van der Waals surface area contributed by atoms with E-state index < -0.39 is 36.9 Å². The molecular formula is C8H16NO6. The Bertz CT molecular complexity index is 200. The first-order chi connectivity index (χ1) is 6.95. The molecule has 15 heavy (non-hydrogen) atoms. The van der Waals surface area contributed by atoms with Crippen molar-refractivity contribution in [3.63, 3.8) is 0 Å². The first-order valence-corrected chi connectivity index (χ1v) is 4.35. The SMILES string of the molecule is [CH2]CNC(=O)[C@H](O)[C@@H](O)[C@H](O)[C@H](O)CO. The van der Waals surface area contributed by atoms with Crippen LogP contribution in [0.25, 0.3) is 0 Å². The van der Waals surface area contributed by atoms with Gasteiger partial charge in [-0.25, -0.2) is 0 Å². The number of carbonyl (C=O) groups is 1. The van der Waals surface area contributed by atoms with Crippen LogP contribution in [0, 0.1) is 6.92 Å². The Morgan fingerprint density at radius 3 is 2.13 bits per heavy atom. The summed E-state index contributed by atoms with van der Waals surface area (Å²) in [5.74, 6) is -0.915. The highest BCUT2D eigenvalue weighted by atomic mass is 16.4. The molecule has 0 saturated heterocycles. The minimum absolute atomic E-state index is 0.0151. The van der Waals surface area contributed by atoms with Crippen molar-refractivity contribution < 1.29 is 30.3 Å². The number of aliphatic hydroxyl groups excluding tert-OH is 5. The first-order valence-electron chi connectivity index (χ1n) is 4.35. The van der Waals surface area contributed by atoms with Crippen molar-refractivity contribution in [2.24, 2.45) is 0 Å². The van der Waals surface area contributed by atoms with Crippen molar-refractivity contribution in [2.75, 3.05) is 13.2 Å². The second kappa shape index (κ2) is 6.70. The van der Waals surface area contributed by atoms with Crippen molar-refractivity contribution in [1.82, 2.24) is 5.32 Å². The van der Waals surface area contributed by atoms with Gasteiger partial charge in [0, 0.05) is 6.54 Å². The molecule has 0 aromatic carbocycles. The highest BCUT2D eigenvalue weighted by Crippen LogP contribution is 2.05. The molecule has 0 aromatic rings. The van der Waals surface area contributed by atoms with Gasteiger partial charge in [-0.3, -0.25) is 4.79 Å². The summed E-state index contributed by atoms with van der Waals surface area (Å²) in [4.78, 5) is 11.0. The molecule has 7 heteroatoms. The maximum Gasteiger partial charge on any atom is 0.251 e. The third-order valence-corrected chi connectivity index (χ3v) is 1.82. The van der Waals surface area contributed by atoms with Gasteiger partial charge in [-0.05, 0) is 6.92 Å². The third kappa shape index (κ3) is 4.10. The van der Waals surface area contributed by atoms with E-state index in [0.29, 0.717) is 0 Å². The van der Waals surface area contributed by atoms with E-state index in [0.717, 1.165) is 0 Å². The number of amides is 1. The summed E-state index contributed by atoms with van der Waals surface area (Å²) < 4.78 is 0. The molecule has 0 aromatic heterocycles. The van der Waals surface area contributed by atoms with Gasteiger partial charge in [0.1, 0.15) is 18.3 Å². The smallest absolute Gasteiger partial charge is 0.251 e. The third-order valence-electron chi connectivity index (χ3n) is 1.82. The Morgan fingerprint density at radius 1 is 1.20 bits per heavy atom. The largest absolute Gasteiger partial charge is 0.394 e. The predicted molar refractivity (Wildman–Crippen MR) is 49.5 cm³/mol. The van der Waals surface area contributed by atoms with Gasteiger partial charge in [0.15, 0.2) is 6.10 Å². The summed E-state index contributed by atoms with van der Waals surface area (Å²) >= 11 is 0. The minimum Gasteiger partial charge on any atom is -0.394 e. The number of hydrogen-bond donors (Lipinski definition) is 6. The van der Waals surface area contributed by atoms with E-state index in [1.807, 2.05) is 0 Å². The van der Waals surface area contributed by atoms with Crippen LogP contribution in [0.4, 0.5) is 0 Å². The molecule has 0 rings (SSSR count). The summed E-state index contributed by atoms with van der Waals surface area (Å²) in [6.07, 6.45) is -7.19. The molecule has 6 N–H and O–H groups in total. The Hall–Kier alpha value is -0.730. The topological polar surface area (TPSA) is 130 Å². The average molecular weight is 222 g/mol. The Labute approximate surface area is 87.0 Å². The molecule has 0 saturated carbocycles. The molecule has 7 nitrogen and oxygen atoms in total. The minimum atomic E-state index is -1.89. The van der Waals surface area contributed by atoms with E-state index in [4.69, 9.17) is 15.3 Å². The van der Waals surface area contributed by atoms with Gasteiger partial charge in [0.2, 0.25) is 0 Å². The molecule has 0 spiro atoms. The standard InChI is InChI=1S/C8H16NO6/c1-2-9-8(15)7(14)6(13)5(12)4(11)3-10/h4-7,10-14H,1-3H2,(H,9,15)/t4-,5-,6+,7-/m1/s1. The van der Waals surface area contributed by atoms with E-state index in [9.17, 15) is 15.0 Å². The lowest BCUT2D eigenvalue weighted by molar-refractivity contribution is -0.148. The van der Waals surface area contributed by atoms with Crippen LogP contribution in [0.5, 0.6) is 0 Å². The van der Waals surface area contributed by atoms with E-state index in [2.05, 4.69) is 12.2 Å². The summed E-state index contributed by atoms with van der Waals surface area (Å²) in [5, 5.41) is 47.1. The molecule has 4 atom stereocenters. The van der Waals surface area contributed by atoms with Crippen LogP contribution in [0.3, 0.4) is 0 Å². The quantitative estimate of drug-likeness (QED) is 0.275. The van der Waals surface area contributed by atoms with Crippen LogP contribution in [-0.4, -0.2) is 69.0 Å². The van der Waals surface area contributed by atoms with Gasteiger partial charge in [-0.15, -0.1) is 0 Å². The maximum absolute atomic E-state index is 11.0. The first kappa shape index (κ1) is 14.3. The van der Waals surface area contributed by atoms with Crippen molar-refractivity contribution in [3.8, 4) is 0 Å². The van der Waals surface area contributed by atoms with Crippen molar-refractivity contribution in [3.05, 3.63) is 6.92 Å². The monoisotopic (exact) mass is 222 g/mol. The van der Waals surface area contributed by atoms with Crippen molar-refractivity contribution in [2.45, 2.75) is 24.4 Å². The molecule has 0 heterocycles. The van der Waals surface area contributed by atoms with Crippen molar-refractivity contribution in [1.29, 1.82) is 0 Å². The maximum atomic E-state index is 11.0. The average Bonchev–Trinajstić information content (AvgIpc) is 2.25. The fraction of sp³-hybridized carbons (Fsp3) is 0.750. The van der Waals surface area contributed by atoms with Crippen molar-refractivity contribution >= 4 is 5.91 Å². The number of rotatable bonds is 6. The Balaban J connectivity index is 4.29. The fourth-order valence-corrected chi connectivity index (χ4v) is 0.905. The normalized spacial score (nSPS) is 19.1. The highest BCUT2D eigenvalue weighted by Gasteiger charge is 2.33. The molecule has 0 unspecified atom stereocenters. The van der Waals surface area contributed by atoms with Crippen LogP contribution in [0.1, 0.15) is 0 Å². The van der Waals surface area contributed by atoms with E-state index in [1.54, 1.807) is 0 Å². The van der Waals surface area contributed by atoms with Gasteiger partial charge < -0.3 is 30.8 Å². The number of aliphatic hydroxyl groups is 5. The second-order valence-corrected chi connectivity index (χ2v) is 2.97. The molecule has 1 radical (unpaired) electrons. The van der Waals surface area contributed by atoms with Gasteiger partial charge in [0.05, 0.1) is 6.61 Å². The van der Waals surface area contributed by atoms with Gasteiger partial charge in [-0.2, -0.15) is 0 Å². The summed E-state index contributed by atoms with van der Waals surface area (Å²) in [6, 6.07) is 0. The second-order valence-electron chi connectivity index (χ2n) is 2.97. The number of hydrogen-bond acceptors (Lipinski definition) is 6. The molecule has 0 bridgehead atoms. The lowest BCUT2D eigenvalue weighted by atomic mass is 10.0. The lowest BCUT2D eigenvalue weighted by Gasteiger charge is -2.24. The summed E-state index contributed by atoms with van der Waals surface area (Å²) in [7, 11) is 0. The number of nitrogens with one attached hydrogen (secondary N) is 1. The molecule has 0 aliphatic carbocycles. The molecular weight excluding hydrogens is 206 g/mol. The lowest BCUT2D eigenvalue weighted by Crippen LogP contribution is -2.51. The molecule has 89 valence electrons. The predicted octanol–water partition coefficient (Wildman–Crippen LogP) is -3.63. The van der Waals surface area contributed by atoms with Crippen LogP contribution >= 0.6 is 0 Å². The van der Waals surface area contributed by atoms with Gasteiger partial charge in [0.25, 0.3) is 5.91 Å². The van der Waals surface area contributed by atoms with Crippen LogP contribution in [-0.2, 0) is 4.79 Å². The molecule has 0 aliphatic heterocycles. The highest BCUT2D eigenvalue weighted by molar-refractivity contribution is 5.81. The Kier molecular flexibility index (Phi) is 6.37. The summed E-state index contributed by atoms with van der Waals surface area (Å²) in [6.45, 7) is 2.51. The van der Waals surface area contributed by atoms with E-state index in [1.165, 1.54) is 0 Å². The van der Waals surface area contributed by atoms with Gasteiger partial charge in [-0.1, -0.05) is 0 Å². The zero-order chi connectivity index (χ0) is 12.0. The van der Waals surface area contributed by atoms with E-state index >= 15 is 0 Å². The zero-order valence-corrected chi connectivity index (χ0v) is 8.08. The molecule has 0 aliphatic rings. The summed E-state index contributed by atoms with van der Waals surface area (Å²) in [5.41, 5.74) is 0. The van der Waals surface area contributed by atoms with Crippen LogP contribution in [0.15, 0.2) is 0 Å². The molecule has 1 amide bonds. The fourth-order valence-electron chi connectivity index (χ4n) is 0.905. The zero-order valence-electron chi connectivity index (χ0n) is 8.08. The molecule has 0 fully saturated rings.